The van der Waals surface area contributed by atoms with Gasteiger partial charge in [-0.1, -0.05) is 60.3 Å². The Labute approximate surface area is 161 Å². The molecule has 1 aromatic heterocycles. The van der Waals surface area contributed by atoms with Crippen molar-refractivity contribution < 1.29 is 9.53 Å². The second-order valence-electron chi connectivity index (χ2n) is 5.54. The molecular formula is C19H18ClN3O2S. The summed E-state index contributed by atoms with van der Waals surface area (Å²) in [6.07, 6.45) is -0.375. The van der Waals surface area contributed by atoms with E-state index in [1.807, 2.05) is 65.2 Å². The van der Waals surface area contributed by atoms with Crippen LogP contribution in [0.25, 0.3) is 17.1 Å². The summed E-state index contributed by atoms with van der Waals surface area (Å²) in [6.45, 7) is 1.38. The average Bonchev–Trinajstić information content (AvgIpc) is 3.10. The van der Waals surface area contributed by atoms with Gasteiger partial charge in [0.05, 0.1) is 5.88 Å². The van der Waals surface area contributed by atoms with E-state index in [-0.39, 0.29) is 18.0 Å². The topological polar surface area (TPSA) is 57.0 Å². The maximum atomic E-state index is 11.2. The number of carbonyl (C=O) groups excluding carboxylic acids is 1. The fraction of sp³-hybridized carbons (Fsp3) is 0.211. The molecule has 0 N–H and O–H groups in total. The summed E-state index contributed by atoms with van der Waals surface area (Å²) < 4.78 is 7.21. The molecule has 0 saturated carbocycles. The minimum absolute atomic E-state index is 0.234. The Morgan fingerprint density at radius 2 is 1.77 bits per heavy atom. The normalized spacial score (nSPS) is 11.9. The number of hydrogen-bond acceptors (Lipinski definition) is 5. The molecule has 3 aromatic rings. The summed E-state index contributed by atoms with van der Waals surface area (Å²) in [5, 5.41) is 9.45. The fourth-order valence-electron chi connectivity index (χ4n) is 2.46. The van der Waals surface area contributed by atoms with Gasteiger partial charge in [-0.3, -0.25) is 9.36 Å². The number of benzene rings is 2. The number of nitrogens with zero attached hydrogens (tertiary/aromatic N) is 3. The molecule has 1 atom stereocenters. The van der Waals surface area contributed by atoms with E-state index in [0.717, 1.165) is 22.2 Å². The van der Waals surface area contributed by atoms with Gasteiger partial charge >= 0.3 is 5.97 Å². The minimum Gasteiger partial charge on any atom is -0.460 e. The summed E-state index contributed by atoms with van der Waals surface area (Å²) in [5.41, 5.74) is 1.94. The van der Waals surface area contributed by atoms with Crippen LogP contribution >= 0.6 is 23.4 Å². The molecule has 2 aromatic carbocycles. The average molecular weight is 388 g/mol. The maximum absolute atomic E-state index is 11.2. The zero-order valence-electron chi connectivity index (χ0n) is 14.2. The lowest BCUT2D eigenvalue weighted by Crippen LogP contribution is -2.21. The summed E-state index contributed by atoms with van der Waals surface area (Å²) >= 11 is 7.36. The highest BCUT2D eigenvalue weighted by molar-refractivity contribution is 7.99. The van der Waals surface area contributed by atoms with Crippen LogP contribution in [0.15, 0.2) is 65.8 Å². The molecule has 0 aliphatic heterocycles. The van der Waals surface area contributed by atoms with Gasteiger partial charge in [-0.2, -0.15) is 0 Å². The van der Waals surface area contributed by atoms with Crippen LogP contribution in [0.3, 0.4) is 0 Å². The lowest BCUT2D eigenvalue weighted by atomic mass is 10.2. The maximum Gasteiger partial charge on any atom is 0.302 e. The van der Waals surface area contributed by atoms with Crippen LogP contribution in [0.4, 0.5) is 0 Å². The first kappa shape index (κ1) is 18.5. The van der Waals surface area contributed by atoms with E-state index < -0.39 is 0 Å². The Balaban J connectivity index is 1.93. The summed E-state index contributed by atoms with van der Waals surface area (Å²) in [7, 11) is 0. The number of aromatic nitrogens is 3. The third kappa shape index (κ3) is 4.45. The van der Waals surface area contributed by atoms with E-state index >= 15 is 0 Å². The van der Waals surface area contributed by atoms with Crippen molar-refractivity contribution >= 4 is 29.3 Å². The summed E-state index contributed by atoms with van der Waals surface area (Å²) in [5.74, 6) is 1.15. The number of alkyl halides is 1. The van der Waals surface area contributed by atoms with E-state index in [1.165, 1.54) is 18.7 Å². The standard InChI is InChI=1S/C19H18ClN3O2S/c1-14(24)25-17(12-20)13-26-19-22-21-18(15-8-4-2-5-9-15)23(19)16-10-6-3-7-11-16/h2-11,17H,12-13H2,1H3. The van der Waals surface area contributed by atoms with Gasteiger partial charge in [0.2, 0.25) is 0 Å². The lowest BCUT2D eigenvalue weighted by Gasteiger charge is -2.14. The third-order valence-electron chi connectivity index (χ3n) is 3.58. The van der Waals surface area contributed by atoms with Crippen LogP contribution < -0.4 is 0 Å². The first-order chi connectivity index (χ1) is 12.7. The van der Waals surface area contributed by atoms with Crippen LogP contribution in [0.2, 0.25) is 0 Å². The first-order valence-electron chi connectivity index (χ1n) is 8.11. The predicted octanol–water partition coefficient (Wildman–Crippen LogP) is 4.20. The highest BCUT2D eigenvalue weighted by Gasteiger charge is 2.18. The van der Waals surface area contributed by atoms with Gasteiger partial charge in [-0.05, 0) is 12.1 Å². The van der Waals surface area contributed by atoms with Crippen molar-refractivity contribution in [1.29, 1.82) is 0 Å². The molecule has 1 unspecified atom stereocenters. The van der Waals surface area contributed by atoms with Crippen molar-refractivity contribution in [3.8, 4) is 17.1 Å². The molecule has 0 aliphatic carbocycles. The van der Waals surface area contributed by atoms with Crippen molar-refractivity contribution in [1.82, 2.24) is 14.8 Å². The second-order valence-corrected chi connectivity index (χ2v) is 6.84. The van der Waals surface area contributed by atoms with E-state index in [2.05, 4.69) is 10.2 Å². The summed E-state index contributed by atoms with van der Waals surface area (Å²) in [6, 6.07) is 19.8. The van der Waals surface area contributed by atoms with Crippen LogP contribution in [-0.4, -0.2) is 38.5 Å². The third-order valence-corrected chi connectivity index (χ3v) is 4.99. The smallest absolute Gasteiger partial charge is 0.302 e. The molecule has 0 fully saturated rings. The van der Waals surface area contributed by atoms with Crippen LogP contribution in [0, 0.1) is 0 Å². The van der Waals surface area contributed by atoms with E-state index in [1.54, 1.807) is 0 Å². The first-order valence-corrected chi connectivity index (χ1v) is 9.63. The van der Waals surface area contributed by atoms with Gasteiger partial charge in [0.25, 0.3) is 0 Å². The Kier molecular flexibility index (Phi) is 6.30. The number of ether oxygens (including phenoxy) is 1. The van der Waals surface area contributed by atoms with Crippen molar-refractivity contribution in [2.75, 3.05) is 11.6 Å². The SMILES string of the molecule is CC(=O)OC(CCl)CSc1nnc(-c2ccccc2)n1-c1ccccc1. The Hall–Kier alpha value is -2.31. The van der Waals surface area contributed by atoms with Crippen molar-refractivity contribution in [2.45, 2.75) is 18.2 Å². The van der Waals surface area contributed by atoms with Gasteiger partial charge in [-0.15, -0.1) is 21.8 Å². The van der Waals surface area contributed by atoms with Gasteiger partial charge in [0.15, 0.2) is 11.0 Å². The van der Waals surface area contributed by atoms with E-state index in [0.29, 0.717) is 5.75 Å². The fourth-order valence-corrected chi connectivity index (χ4v) is 3.70. The number of hydrogen-bond donors (Lipinski definition) is 0. The number of thioether (sulfide) groups is 1. The van der Waals surface area contributed by atoms with Gasteiger partial charge < -0.3 is 4.74 Å². The van der Waals surface area contributed by atoms with Gasteiger partial charge in [0, 0.05) is 23.9 Å². The molecule has 0 amide bonds. The molecule has 0 spiro atoms. The quantitative estimate of drug-likeness (QED) is 0.345. The highest BCUT2D eigenvalue weighted by Crippen LogP contribution is 2.28. The Morgan fingerprint density at radius 1 is 1.12 bits per heavy atom. The van der Waals surface area contributed by atoms with Crippen LogP contribution in [-0.2, 0) is 9.53 Å². The molecule has 1 heterocycles. The molecule has 0 radical (unpaired) electrons. The van der Waals surface area contributed by atoms with Gasteiger partial charge in [-0.25, -0.2) is 0 Å². The van der Waals surface area contributed by atoms with Crippen LogP contribution in [0.1, 0.15) is 6.92 Å². The minimum atomic E-state index is -0.375. The van der Waals surface area contributed by atoms with Crippen molar-refractivity contribution in [2.24, 2.45) is 0 Å². The highest BCUT2D eigenvalue weighted by atomic mass is 35.5. The monoisotopic (exact) mass is 387 g/mol. The van der Waals surface area contributed by atoms with Gasteiger partial charge in [0.1, 0.15) is 6.10 Å². The van der Waals surface area contributed by atoms with Crippen molar-refractivity contribution in [3.63, 3.8) is 0 Å². The second kappa shape index (κ2) is 8.87. The number of rotatable bonds is 7. The molecule has 5 nitrogen and oxygen atoms in total. The number of esters is 1. The van der Waals surface area contributed by atoms with Crippen LogP contribution in [0.5, 0.6) is 0 Å². The Bertz CT molecular complexity index is 856. The van der Waals surface area contributed by atoms with E-state index in [4.69, 9.17) is 16.3 Å². The molecule has 0 bridgehead atoms. The summed E-state index contributed by atoms with van der Waals surface area (Å²) in [4.78, 5) is 11.2. The zero-order chi connectivity index (χ0) is 18.4. The van der Waals surface area contributed by atoms with E-state index in [9.17, 15) is 4.79 Å². The number of para-hydroxylation sites is 1. The zero-order valence-corrected chi connectivity index (χ0v) is 15.8. The molecule has 26 heavy (non-hydrogen) atoms. The number of carbonyl (C=O) groups is 1. The predicted molar refractivity (Wildman–Crippen MR) is 104 cm³/mol. The molecule has 3 rings (SSSR count). The molecule has 7 heteroatoms. The Morgan fingerprint density at radius 3 is 2.38 bits per heavy atom. The molecule has 0 aliphatic rings. The molecule has 134 valence electrons. The molecule has 0 saturated heterocycles. The largest absolute Gasteiger partial charge is 0.460 e. The number of halogens is 1. The van der Waals surface area contributed by atoms with Crippen molar-refractivity contribution in [3.05, 3.63) is 60.7 Å². The lowest BCUT2D eigenvalue weighted by molar-refractivity contribution is -0.144. The molecular weight excluding hydrogens is 370 g/mol.